The number of benzene rings is 10. The van der Waals surface area contributed by atoms with Crippen LogP contribution in [0.4, 0.5) is 0 Å². The molecule has 0 N–H and O–H groups in total. The lowest BCUT2D eigenvalue weighted by Gasteiger charge is -2.19. The largest absolute Gasteiger partial charge is 0.456 e. The summed E-state index contributed by atoms with van der Waals surface area (Å²) in [6, 6.07) is 66.2. The van der Waals surface area contributed by atoms with E-state index in [0.717, 1.165) is 11.2 Å². The predicted molar refractivity (Wildman–Crippen MR) is 218 cm³/mol. The molecular weight excluding hydrogens is 617 g/mol. The maximum atomic E-state index is 6.73. The lowest BCUT2D eigenvalue weighted by molar-refractivity contribution is 0.669. The Hall–Kier alpha value is -6.70. The van der Waals surface area contributed by atoms with E-state index in [1.54, 1.807) is 0 Å². The monoisotopic (exact) mass is 646 g/mol. The summed E-state index contributed by atoms with van der Waals surface area (Å²) in [4.78, 5) is 0. The molecule has 1 aromatic heterocycles. The van der Waals surface area contributed by atoms with Crippen LogP contribution in [0.2, 0.25) is 0 Å². The van der Waals surface area contributed by atoms with E-state index in [0.29, 0.717) is 0 Å². The second kappa shape index (κ2) is 10.9. The zero-order valence-electron chi connectivity index (χ0n) is 27.7. The third kappa shape index (κ3) is 4.16. The molecule has 0 unspecified atom stereocenters. The minimum Gasteiger partial charge on any atom is -0.456 e. The highest BCUT2D eigenvalue weighted by atomic mass is 16.3. The fraction of sp³-hybridized carbons (Fsp3) is 0. The van der Waals surface area contributed by atoms with Crippen molar-refractivity contribution in [3.8, 4) is 33.4 Å². The van der Waals surface area contributed by atoms with E-state index in [-0.39, 0.29) is 0 Å². The Morgan fingerprint density at radius 3 is 1.51 bits per heavy atom. The highest BCUT2D eigenvalue weighted by molar-refractivity contribution is 6.31. The predicted octanol–water partition coefficient (Wildman–Crippen LogP) is 14.4. The van der Waals surface area contributed by atoms with E-state index in [2.05, 4.69) is 182 Å². The molecule has 0 amide bonds. The van der Waals surface area contributed by atoms with Gasteiger partial charge in [-0.2, -0.15) is 0 Å². The van der Waals surface area contributed by atoms with Crippen molar-refractivity contribution >= 4 is 75.8 Å². The normalized spacial score (nSPS) is 11.9. The number of fused-ring (bicyclic) bond motifs is 10. The van der Waals surface area contributed by atoms with Crippen molar-refractivity contribution in [2.45, 2.75) is 0 Å². The Morgan fingerprint density at radius 1 is 0.275 bits per heavy atom. The van der Waals surface area contributed by atoms with E-state index in [1.807, 2.05) is 0 Å². The molecule has 236 valence electrons. The van der Waals surface area contributed by atoms with Gasteiger partial charge in [-0.05, 0) is 105 Å². The van der Waals surface area contributed by atoms with Gasteiger partial charge >= 0.3 is 0 Å². The lowest BCUT2D eigenvalue weighted by atomic mass is 9.83. The molecule has 0 aliphatic heterocycles. The molecule has 11 rings (SSSR count). The quantitative estimate of drug-likeness (QED) is 0.174. The molecule has 0 fully saturated rings. The number of hydrogen-bond acceptors (Lipinski definition) is 1. The zero-order valence-corrected chi connectivity index (χ0v) is 27.7. The molecular formula is C50H30O. The van der Waals surface area contributed by atoms with Crippen LogP contribution in [-0.4, -0.2) is 0 Å². The third-order valence-corrected chi connectivity index (χ3v) is 10.8. The van der Waals surface area contributed by atoms with Crippen LogP contribution in [0.5, 0.6) is 0 Å². The summed E-state index contributed by atoms with van der Waals surface area (Å²) in [7, 11) is 0. The van der Waals surface area contributed by atoms with E-state index in [9.17, 15) is 0 Å². The van der Waals surface area contributed by atoms with Crippen molar-refractivity contribution in [2.24, 2.45) is 0 Å². The topological polar surface area (TPSA) is 13.1 Å². The van der Waals surface area contributed by atoms with Crippen LogP contribution >= 0.6 is 0 Å². The van der Waals surface area contributed by atoms with Crippen LogP contribution in [-0.2, 0) is 0 Å². The second-order valence-corrected chi connectivity index (χ2v) is 13.6. The van der Waals surface area contributed by atoms with Gasteiger partial charge in [-0.25, -0.2) is 0 Å². The Morgan fingerprint density at radius 2 is 0.784 bits per heavy atom. The molecule has 0 aliphatic rings. The van der Waals surface area contributed by atoms with Crippen molar-refractivity contribution < 1.29 is 4.42 Å². The molecule has 0 radical (unpaired) electrons. The van der Waals surface area contributed by atoms with E-state index < -0.39 is 0 Å². The second-order valence-electron chi connectivity index (χ2n) is 13.6. The molecule has 0 saturated heterocycles. The van der Waals surface area contributed by atoms with E-state index >= 15 is 0 Å². The maximum absolute atomic E-state index is 6.73. The minimum absolute atomic E-state index is 0.912. The minimum atomic E-state index is 0.912. The standard InChI is InChI=1S/C50H30O/c1-3-18-35-31(13-1)15-12-26-36(35)33-16-11-17-34(29-33)47-40-22-7-9-24-42(40)48(43-25-10-8-23-41(43)47)44-30-46-50(39-21-6-5-20-38(39)44)49-37-19-4-2-14-32(37)27-28-45(49)51-46/h1-30H. The van der Waals surface area contributed by atoms with Gasteiger partial charge in [0, 0.05) is 10.8 Å². The first-order valence-corrected chi connectivity index (χ1v) is 17.6. The SMILES string of the molecule is c1cc(-c2cccc3ccccc23)cc(-c2c3ccccc3c(-c3cc4oc5ccc6ccccc6c5c4c4ccccc34)c3ccccc23)c1. The van der Waals surface area contributed by atoms with Gasteiger partial charge in [0.1, 0.15) is 11.2 Å². The highest BCUT2D eigenvalue weighted by Gasteiger charge is 2.21. The Kier molecular flexibility index (Phi) is 6.02. The Labute approximate surface area is 294 Å². The van der Waals surface area contributed by atoms with Crippen molar-refractivity contribution in [3.05, 3.63) is 182 Å². The van der Waals surface area contributed by atoms with Gasteiger partial charge in [0.15, 0.2) is 0 Å². The van der Waals surface area contributed by atoms with Crippen LogP contribution in [0.15, 0.2) is 186 Å². The molecule has 0 bridgehead atoms. The number of furan rings is 1. The van der Waals surface area contributed by atoms with Gasteiger partial charge in [0.05, 0.1) is 0 Å². The smallest absolute Gasteiger partial charge is 0.136 e. The fourth-order valence-corrected chi connectivity index (χ4v) is 8.66. The molecule has 0 atom stereocenters. The van der Waals surface area contributed by atoms with Gasteiger partial charge in [-0.1, -0.05) is 164 Å². The van der Waals surface area contributed by atoms with Crippen molar-refractivity contribution in [1.82, 2.24) is 0 Å². The van der Waals surface area contributed by atoms with Crippen LogP contribution in [0, 0.1) is 0 Å². The van der Waals surface area contributed by atoms with Gasteiger partial charge in [-0.15, -0.1) is 0 Å². The van der Waals surface area contributed by atoms with Crippen molar-refractivity contribution in [3.63, 3.8) is 0 Å². The van der Waals surface area contributed by atoms with Gasteiger partial charge in [0.25, 0.3) is 0 Å². The van der Waals surface area contributed by atoms with E-state index in [1.165, 1.54) is 98.0 Å². The first-order valence-electron chi connectivity index (χ1n) is 17.6. The molecule has 0 aliphatic carbocycles. The summed E-state index contributed by atoms with van der Waals surface area (Å²) in [5, 5.41) is 14.7. The van der Waals surface area contributed by atoms with Crippen molar-refractivity contribution in [1.29, 1.82) is 0 Å². The van der Waals surface area contributed by atoms with Crippen LogP contribution < -0.4 is 0 Å². The summed E-state index contributed by atoms with van der Waals surface area (Å²) in [6.45, 7) is 0. The first kappa shape index (κ1) is 28.2. The van der Waals surface area contributed by atoms with Gasteiger partial charge < -0.3 is 4.42 Å². The van der Waals surface area contributed by atoms with Gasteiger partial charge in [0.2, 0.25) is 0 Å². The highest BCUT2D eigenvalue weighted by Crippen LogP contribution is 2.48. The Bertz CT molecular complexity index is 3130. The molecule has 0 spiro atoms. The van der Waals surface area contributed by atoms with Crippen LogP contribution in [0.1, 0.15) is 0 Å². The summed E-state index contributed by atoms with van der Waals surface area (Å²) in [5.41, 5.74) is 9.19. The fourth-order valence-electron chi connectivity index (χ4n) is 8.66. The Balaban J connectivity index is 1.22. The summed E-state index contributed by atoms with van der Waals surface area (Å²) < 4.78 is 6.73. The zero-order chi connectivity index (χ0) is 33.5. The molecule has 1 nitrogen and oxygen atoms in total. The maximum Gasteiger partial charge on any atom is 0.136 e. The summed E-state index contributed by atoms with van der Waals surface area (Å²) in [6.07, 6.45) is 0. The molecule has 1 heteroatoms. The first-order chi connectivity index (χ1) is 25.3. The molecule has 1 heterocycles. The summed E-state index contributed by atoms with van der Waals surface area (Å²) in [5.74, 6) is 0. The average Bonchev–Trinajstić information content (AvgIpc) is 3.59. The molecule has 51 heavy (non-hydrogen) atoms. The average molecular weight is 647 g/mol. The third-order valence-electron chi connectivity index (χ3n) is 10.8. The lowest BCUT2D eigenvalue weighted by Crippen LogP contribution is -1.92. The van der Waals surface area contributed by atoms with Crippen LogP contribution in [0.3, 0.4) is 0 Å². The summed E-state index contributed by atoms with van der Waals surface area (Å²) >= 11 is 0. The van der Waals surface area contributed by atoms with Crippen molar-refractivity contribution in [2.75, 3.05) is 0 Å². The number of rotatable bonds is 3. The van der Waals surface area contributed by atoms with E-state index in [4.69, 9.17) is 4.42 Å². The van der Waals surface area contributed by atoms with Gasteiger partial charge in [-0.3, -0.25) is 0 Å². The van der Waals surface area contributed by atoms with Crippen LogP contribution in [0.25, 0.3) is 109 Å². The molecule has 10 aromatic carbocycles. The number of hydrogen-bond donors (Lipinski definition) is 0. The molecule has 11 aromatic rings. The molecule has 0 saturated carbocycles.